The first-order valence-electron chi connectivity index (χ1n) is 6.33. The quantitative estimate of drug-likeness (QED) is 0.701. The number of carboxylic acids is 1. The maximum Gasteiger partial charge on any atom is 0.307 e. The zero-order valence-electron chi connectivity index (χ0n) is 10.7. The van der Waals surface area contributed by atoms with Crippen LogP contribution in [0, 0.1) is 11.8 Å². The van der Waals surface area contributed by atoms with Crippen molar-refractivity contribution in [3.8, 4) is 0 Å². The van der Waals surface area contributed by atoms with Crippen LogP contribution in [0.1, 0.15) is 32.1 Å². The first-order valence-corrected chi connectivity index (χ1v) is 8.05. The van der Waals surface area contributed by atoms with Crippen LogP contribution in [0.3, 0.4) is 0 Å². The maximum atomic E-state index is 11.9. The third-order valence-electron chi connectivity index (χ3n) is 3.33. The Morgan fingerprint density at radius 3 is 2.44 bits per heavy atom. The molecule has 5 nitrogen and oxygen atoms in total. The van der Waals surface area contributed by atoms with Gasteiger partial charge < -0.3 is 10.4 Å². The molecule has 1 aliphatic rings. The highest BCUT2D eigenvalue weighted by Crippen LogP contribution is 2.30. The number of hydrogen-bond acceptors (Lipinski definition) is 3. The van der Waals surface area contributed by atoms with Gasteiger partial charge in [-0.15, -0.1) is 0 Å². The van der Waals surface area contributed by atoms with E-state index in [0.717, 1.165) is 12.8 Å². The summed E-state index contributed by atoms with van der Waals surface area (Å²) in [6.45, 7) is 0.473. The molecular weight excluding hydrogens is 254 g/mol. The molecule has 0 spiro atoms. The lowest BCUT2D eigenvalue weighted by atomic mass is 9.79. The lowest BCUT2D eigenvalue weighted by molar-refractivity contribution is -0.148. The Morgan fingerprint density at radius 1 is 1.28 bits per heavy atom. The van der Waals surface area contributed by atoms with Crippen molar-refractivity contribution in [2.45, 2.75) is 32.1 Å². The fourth-order valence-electron chi connectivity index (χ4n) is 2.36. The first-order chi connectivity index (χ1) is 8.52. The molecule has 0 saturated heterocycles. The topological polar surface area (TPSA) is 83.5 Å². The largest absolute Gasteiger partial charge is 0.481 e. The highest BCUT2D eigenvalue weighted by atomic mass is 32.2. The van der Waals surface area contributed by atoms with Crippen molar-refractivity contribution in [3.63, 3.8) is 0 Å². The molecule has 1 fully saturated rings. The van der Waals surface area contributed by atoms with Crippen LogP contribution in [0.25, 0.3) is 0 Å². The molecule has 0 bridgehead atoms. The normalized spacial score (nSPS) is 25.4. The van der Waals surface area contributed by atoms with Crippen LogP contribution in [0.2, 0.25) is 0 Å². The average molecular weight is 275 g/mol. The molecule has 1 rings (SSSR count). The molecule has 1 saturated carbocycles. The number of amides is 1. The zero-order chi connectivity index (χ0) is 13.5. The van der Waals surface area contributed by atoms with Gasteiger partial charge in [0.2, 0.25) is 5.91 Å². The van der Waals surface area contributed by atoms with E-state index in [1.54, 1.807) is 6.26 Å². The van der Waals surface area contributed by atoms with Gasteiger partial charge in [-0.2, -0.15) is 0 Å². The second-order valence-corrected chi connectivity index (χ2v) is 6.31. The van der Waals surface area contributed by atoms with Crippen LogP contribution in [-0.4, -0.2) is 39.7 Å². The van der Waals surface area contributed by atoms with Crippen LogP contribution in [0.5, 0.6) is 0 Å². The predicted octanol–water partition coefficient (Wildman–Crippen LogP) is 0.762. The molecule has 18 heavy (non-hydrogen) atoms. The molecule has 104 valence electrons. The van der Waals surface area contributed by atoms with E-state index in [4.69, 9.17) is 5.11 Å². The standard InChI is InChI=1S/C12H21NO4S/c1-18(17)8-4-7-13-11(14)9-5-2-3-6-10(9)12(15)16/h9-10H,2-8H2,1H3,(H,13,14)(H,15,16)/t9-,10+,18?/m1/s1. The summed E-state index contributed by atoms with van der Waals surface area (Å²) < 4.78 is 10.9. The van der Waals surface area contributed by atoms with E-state index in [1.165, 1.54) is 0 Å². The molecule has 2 N–H and O–H groups in total. The van der Waals surface area contributed by atoms with Crippen LogP contribution < -0.4 is 5.32 Å². The van der Waals surface area contributed by atoms with Crippen LogP contribution in [-0.2, 0) is 20.4 Å². The van der Waals surface area contributed by atoms with E-state index in [0.29, 0.717) is 31.6 Å². The average Bonchev–Trinajstić information content (AvgIpc) is 2.34. The number of hydrogen-bond donors (Lipinski definition) is 2. The Morgan fingerprint density at radius 2 is 1.89 bits per heavy atom. The highest BCUT2D eigenvalue weighted by molar-refractivity contribution is 7.84. The molecule has 6 heteroatoms. The van der Waals surface area contributed by atoms with E-state index in [2.05, 4.69) is 5.32 Å². The Balaban J connectivity index is 2.38. The predicted molar refractivity (Wildman–Crippen MR) is 69.6 cm³/mol. The third-order valence-corrected chi connectivity index (χ3v) is 4.19. The molecule has 0 aromatic rings. The molecular formula is C12H21NO4S. The Kier molecular flexibility index (Phi) is 6.32. The van der Waals surface area contributed by atoms with Crippen molar-refractivity contribution in [1.82, 2.24) is 5.32 Å². The third kappa shape index (κ3) is 4.76. The molecule has 0 aromatic carbocycles. The number of nitrogens with one attached hydrogen (secondary N) is 1. The molecule has 3 atom stereocenters. The van der Waals surface area contributed by atoms with Gasteiger partial charge in [0.25, 0.3) is 0 Å². The summed E-state index contributed by atoms with van der Waals surface area (Å²) in [7, 11) is -0.845. The number of aliphatic carboxylic acids is 1. The minimum Gasteiger partial charge on any atom is -0.481 e. The molecule has 1 unspecified atom stereocenters. The molecule has 0 aromatic heterocycles. The Hall–Kier alpha value is -0.910. The summed E-state index contributed by atoms with van der Waals surface area (Å²) in [5.74, 6) is -1.41. The number of carbonyl (C=O) groups is 2. The second-order valence-electron chi connectivity index (χ2n) is 4.76. The van der Waals surface area contributed by atoms with Crippen molar-refractivity contribution in [2.75, 3.05) is 18.6 Å². The molecule has 0 heterocycles. The Bertz CT molecular complexity index is 332. The van der Waals surface area contributed by atoms with Crippen molar-refractivity contribution >= 4 is 22.7 Å². The van der Waals surface area contributed by atoms with E-state index in [-0.39, 0.29) is 5.91 Å². The van der Waals surface area contributed by atoms with Gasteiger partial charge in [-0.1, -0.05) is 12.8 Å². The highest BCUT2D eigenvalue weighted by Gasteiger charge is 2.35. The zero-order valence-corrected chi connectivity index (χ0v) is 11.5. The summed E-state index contributed by atoms with van der Waals surface area (Å²) in [6, 6.07) is 0. The van der Waals surface area contributed by atoms with Gasteiger partial charge in [0.1, 0.15) is 0 Å². The van der Waals surface area contributed by atoms with Crippen molar-refractivity contribution in [3.05, 3.63) is 0 Å². The summed E-state index contributed by atoms with van der Waals surface area (Å²) in [4.78, 5) is 23.0. The summed E-state index contributed by atoms with van der Waals surface area (Å²) in [5.41, 5.74) is 0. The minimum atomic E-state index is -0.871. The smallest absolute Gasteiger partial charge is 0.307 e. The minimum absolute atomic E-state index is 0.163. The van der Waals surface area contributed by atoms with Gasteiger partial charge in [0.05, 0.1) is 11.8 Å². The van der Waals surface area contributed by atoms with Gasteiger partial charge >= 0.3 is 5.97 Å². The number of carboxylic acid groups (broad SMARTS) is 1. The lowest BCUT2D eigenvalue weighted by Gasteiger charge is -2.27. The number of carbonyl (C=O) groups excluding carboxylic acids is 1. The van der Waals surface area contributed by atoms with Crippen LogP contribution in [0.15, 0.2) is 0 Å². The van der Waals surface area contributed by atoms with Crippen molar-refractivity contribution in [1.29, 1.82) is 0 Å². The Labute approximate surface area is 110 Å². The van der Waals surface area contributed by atoms with Crippen molar-refractivity contribution in [2.24, 2.45) is 11.8 Å². The van der Waals surface area contributed by atoms with Crippen LogP contribution in [0.4, 0.5) is 0 Å². The molecule has 1 amide bonds. The van der Waals surface area contributed by atoms with E-state index < -0.39 is 28.6 Å². The SMILES string of the molecule is CS(=O)CCCNC(=O)[C@@H]1CCCC[C@@H]1C(=O)O. The van der Waals surface area contributed by atoms with Gasteiger partial charge in [-0.25, -0.2) is 0 Å². The second kappa shape index (κ2) is 7.51. The van der Waals surface area contributed by atoms with E-state index in [9.17, 15) is 13.8 Å². The molecule has 0 radical (unpaired) electrons. The van der Waals surface area contributed by atoms with Gasteiger partial charge in [-0.05, 0) is 19.3 Å². The van der Waals surface area contributed by atoms with Gasteiger partial charge in [0, 0.05) is 29.4 Å². The summed E-state index contributed by atoms with van der Waals surface area (Å²) in [5, 5.41) is 11.8. The number of rotatable bonds is 6. The first kappa shape index (κ1) is 15.1. The van der Waals surface area contributed by atoms with Crippen molar-refractivity contribution < 1.29 is 18.9 Å². The van der Waals surface area contributed by atoms with E-state index in [1.807, 2.05) is 0 Å². The van der Waals surface area contributed by atoms with Gasteiger partial charge in [-0.3, -0.25) is 13.8 Å². The summed E-state index contributed by atoms with van der Waals surface area (Å²) in [6.07, 6.45) is 5.34. The fraction of sp³-hybridized carbons (Fsp3) is 0.833. The monoisotopic (exact) mass is 275 g/mol. The fourth-order valence-corrected chi connectivity index (χ4v) is 2.91. The van der Waals surface area contributed by atoms with Crippen LogP contribution >= 0.6 is 0 Å². The van der Waals surface area contributed by atoms with Gasteiger partial charge in [0.15, 0.2) is 0 Å². The maximum absolute atomic E-state index is 11.9. The molecule has 1 aliphatic carbocycles. The lowest BCUT2D eigenvalue weighted by Crippen LogP contribution is -2.40. The summed E-state index contributed by atoms with van der Waals surface area (Å²) >= 11 is 0. The molecule has 0 aliphatic heterocycles. The van der Waals surface area contributed by atoms with E-state index >= 15 is 0 Å².